The van der Waals surface area contributed by atoms with Crippen molar-refractivity contribution < 1.29 is 9.60 Å². The first-order valence-electron chi connectivity index (χ1n) is 6.41. The minimum atomic E-state index is -3.10. The van der Waals surface area contributed by atoms with Gasteiger partial charge in [-0.3, -0.25) is 0 Å². The first-order valence-corrected chi connectivity index (χ1v) is 3.28. The number of hydrogen-bond donors (Lipinski definition) is 0. The van der Waals surface area contributed by atoms with Gasteiger partial charge in [0, 0.05) is 27.2 Å². The van der Waals surface area contributed by atoms with Crippen molar-refractivity contribution in [3.05, 3.63) is 22.7 Å². The molecule has 0 N–H and O–H groups in total. The highest BCUT2D eigenvalue weighted by Crippen LogP contribution is 2.14. The largest absolute Gasteiger partial charge is 0.241 e. The average molecular weight is 178 g/mol. The molecule has 0 aliphatic carbocycles. The Bertz CT molecular complexity index is 440. The van der Waals surface area contributed by atoms with Gasteiger partial charge in [0.1, 0.15) is 11.0 Å². The summed E-state index contributed by atoms with van der Waals surface area (Å²) in [7, 11) is 0. The maximum atomic E-state index is 7.82. The SMILES string of the molecule is [2H]C([2H])([2H])C([2H])(c1ncc(C)c(Cl)n1)C([2H])([2H])[2H]. The lowest BCUT2D eigenvalue weighted by atomic mass is 10.2. The Morgan fingerprint density at radius 2 is 2.45 bits per heavy atom. The molecule has 0 amide bonds. The molecule has 0 atom stereocenters. The maximum absolute atomic E-state index is 7.82. The van der Waals surface area contributed by atoms with Gasteiger partial charge in [-0.1, -0.05) is 25.3 Å². The summed E-state index contributed by atoms with van der Waals surface area (Å²) in [6.45, 7) is -4.61. The molecule has 0 saturated heterocycles. The van der Waals surface area contributed by atoms with E-state index in [9.17, 15) is 0 Å². The summed E-state index contributed by atoms with van der Waals surface area (Å²) in [4.78, 5) is 7.27. The number of halogens is 1. The van der Waals surface area contributed by atoms with Crippen LogP contribution in [0.15, 0.2) is 6.20 Å². The molecule has 0 saturated carbocycles. The summed E-state index contributed by atoms with van der Waals surface area (Å²) >= 11 is 5.72. The maximum Gasteiger partial charge on any atom is 0.135 e. The van der Waals surface area contributed by atoms with E-state index in [1.54, 1.807) is 6.92 Å². The second-order valence-corrected chi connectivity index (χ2v) is 2.40. The van der Waals surface area contributed by atoms with Gasteiger partial charge >= 0.3 is 0 Å². The lowest BCUT2D eigenvalue weighted by Gasteiger charge is -2.03. The number of rotatable bonds is 1. The van der Waals surface area contributed by atoms with Crippen molar-refractivity contribution in [3.8, 4) is 0 Å². The van der Waals surface area contributed by atoms with Gasteiger partial charge in [0.15, 0.2) is 0 Å². The lowest BCUT2D eigenvalue weighted by Crippen LogP contribution is -1.97. The number of aryl methyl sites for hydroxylation is 1. The Kier molecular flexibility index (Phi) is 0.872. The van der Waals surface area contributed by atoms with E-state index in [4.69, 9.17) is 21.2 Å². The lowest BCUT2D eigenvalue weighted by molar-refractivity contribution is 0.771. The van der Waals surface area contributed by atoms with Crippen molar-refractivity contribution >= 4 is 11.6 Å². The van der Waals surface area contributed by atoms with Crippen molar-refractivity contribution in [1.82, 2.24) is 9.97 Å². The van der Waals surface area contributed by atoms with Crippen molar-refractivity contribution in [1.29, 1.82) is 0 Å². The third kappa shape index (κ3) is 1.90. The van der Waals surface area contributed by atoms with E-state index >= 15 is 0 Å². The van der Waals surface area contributed by atoms with Crippen LogP contribution in [0.2, 0.25) is 5.15 Å². The predicted molar refractivity (Wildman–Crippen MR) is 45.9 cm³/mol. The van der Waals surface area contributed by atoms with Crippen molar-refractivity contribution in [2.45, 2.75) is 26.5 Å². The zero-order valence-electron chi connectivity index (χ0n) is 12.8. The van der Waals surface area contributed by atoms with E-state index in [0.717, 1.165) is 0 Å². The Labute approximate surface area is 81.5 Å². The third-order valence-corrected chi connectivity index (χ3v) is 1.52. The quantitative estimate of drug-likeness (QED) is 0.617. The molecule has 1 aromatic rings. The number of hydrogen-bond acceptors (Lipinski definition) is 2. The monoisotopic (exact) mass is 177 g/mol. The number of nitrogens with zero attached hydrogens (tertiary/aromatic N) is 2. The van der Waals surface area contributed by atoms with Crippen LogP contribution in [0.4, 0.5) is 0 Å². The van der Waals surface area contributed by atoms with Gasteiger partial charge in [0.05, 0.1) is 0 Å². The van der Waals surface area contributed by atoms with Gasteiger partial charge in [-0.25, -0.2) is 9.97 Å². The molecule has 0 unspecified atom stereocenters. The summed E-state index contributed by atoms with van der Waals surface area (Å²) in [5.41, 5.74) is 0.471. The van der Waals surface area contributed by atoms with Gasteiger partial charge in [-0.05, 0) is 6.92 Å². The van der Waals surface area contributed by atoms with Gasteiger partial charge in [-0.2, -0.15) is 0 Å². The van der Waals surface area contributed by atoms with E-state index in [2.05, 4.69) is 9.97 Å². The Morgan fingerprint density at radius 3 is 3.00 bits per heavy atom. The zero-order chi connectivity index (χ0) is 14.4. The van der Waals surface area contributed by atoms with E-state index in [1.807, 2.05) is 0 Å². The van der Waals surface area contributed by atoms with E-state index in [-0.39, 0.29) is 5.15 Å². The minimum Gasteiger partial charge on any atom is -0.241 e. The van der Waals surface area contributed by atoms with E-state index in [0.29, 0.717) is 5.56 Å². The first kappa shape index (κ1) is 3.02. The highest BCUT2D eigenvalue weighted by molar-refractivity contribution is 6.30. The smallest absolute Gasteiger partial charge is 0.135 e. The molecule has 60 valence electrons. The minimum absolute atomic E-state index is 0.0647. The fourth-order valence-corrected chi connectivity index (χ4v) is 0.671. The van der Waals surface area contributed by atoms with Gasteiger partial charge in [-0.15, -0.1) is 0 Å². The van der Waals surface area contributed by atoms with Crippen LogP contribution >= 0.6 is 11.6 Å². The molecular weight excluding hydrogens is 160 g/mol. The zero-order valence-corrected chi connectivity index (χ0v) is 6.61. The molecule has 1 rings (SSSR count). The fourth-order valence-electron chi connectivity index (χ4n) is 0.542. The van der Waals surface area contributed by atoms with Crippen molar-refractivity contribution in [2.75, 3.05) is 0 Å². The number of aromatic nitrogens is 2. The Morgan fingerprint density at radius 1 is 1.73 bits per heavy atom. The summed E-state index contributed by atoms with van der Waals surface area (Å²) in [6, 6.07) is 0. The standard InChI is InChI=1S/C8H11ClN2/c1-5(2)8-10-4-6(3)7(9)11-8/h4-5H,1-3H3/i1D3,2D3,5D. The molecule has 2 nitrogen and oxygen atoms in total. The Hall–Kier alpha value is -0.630. The van der Waals surface area contributed by atoms with Crippen LogP contribution < -0.4 is 0 Å². The van der Waals surface area contributed by atoms with Gasteiger partial charge in [0.2, 0.25) is 0 Å². The van der Waals surface area contributed by atoms with Gasteiger partial charge in [0.25, 0.3) is 0 Å². The molecule has 0 fully saturated rings. The average Bonchev–Trinajstić information content (AvgIpc) is 2.17. The molecule has 0 radical (unpaired) electrons. The Balaban J connectivity index is 3.51. The molecule has 3 heteroatoms. The van der Waals surface area contributed by atoms with Crippen LogP contribution in [0.1, 0.15) is 40.6 Å². The first-order chi connectivity index (χ1) is 7.91. The van der Waals surface area contributed by atoms with Crippen LogP contribution in [-0.4, -0.2) is 9.97 Å². The second-order valence-electron chi connectivity index (χ2n) is 2.04. The second kappa shape index (κ2) is 3.18. The van der Waals surface area contributed by atoms with E-state index < -0.39 is 25.4 Å². The molecule has 1 aromatic heterocycles. The normalized spacial score (nSPS) is 23.3. The van der Waals surface area contributed by atoms with Crippen molar-refractivity contribution in [2.24, 2.45) is 0 Å². The third-order valence-electron chi connectivity index (χ3n) is 1.13. The van der Waals surface area contributed by atoms with Crippen molar-refractivity contribution in [3.63, 3.8) is 0 Å². The van der Waals surface area contributed by atoms with Crippen LogP contribution in [0, 0.1) is 6.92 Å². The molecule has 0 aliphatic rings. The molecular formula is C8H11ClN2. The van der Waals surface area contributed by atoms with Gasteiger partial charge < -0.3 is 0 Å². The van der Waals surface area contributed by atoms with E-state index in [1.165, 1.54) is 6.20 Å². The highest BCUT2D eigenvalue weighted by atomic mass is 35.5. The van der Waals surface area contributed by atoms with Crippen LogP contribution in [0.25, 0.3) is 0 Å². The van der Waals surface area contributed by atoms with Crippen LogP contribution in [-0.2, 0) is 0 Å². The molecule has 11 heavy (non-hydrogen) atoms. The molecule has 0 aromatic carbocycles. The summed E-state index contributed by atoms with van der Waals surface area (Å²) in [5.74, 6) is -3.53. The topological polar surface area (TPSA) is 25.8 Å². The fraction of sp³-hybridized carbons (Fsp3) is 0.500. The molecule has 0 spiro atoms. The highest BCUT2D eigenvalue weighted by Gasteiger charge is 2.04. The molecule has 0 bridgehead atoms. The van der Waals surface area contributed by atoms with Crippen LogP contribution in [0.3, 0.4) is 0 Å². The molecule has 0 aliphatic heterocycles. The predicted octanol–water partition coefficient (Wildman–Crippen LogP) is 2.56. The summed E-state index contributed by atoms with van der Waals surface area (Å²) < 4.78 is 51.4. The molecule has 1 heterocycles. The van der Waals surface area contributed by atoms with Crippen LogP contribution in [0.5, 0.6) is 0 Å². The summed E-state index contributed by atoms with van der Waals surface area (Å²) in [5, 5.41) is -0.0647. The summed E-state index contributed by atoms with van der Waals surface area (Å²) in [6.07, 6.45) is 1.20.